The number of benzene rings is 2. The highest BCUT2D eigenvalue weighted by molar-refractivity contribution is 6.35. The van der Waals surface area contributed by atoms with Crippen molar-refractivity contribution in [3.05, 3.63) is 81.9 Å². The van der Waals surface area contributed by atoms with Crippen molar-refractivity contribution in [2.75, 3.05) is 24.5 Å². The van der Waals surface area contributed by atoms with Gasteiger partial charge in [0.2, 0.25) is 5.91 Å². The second-order valence-corrected chi connectivity index (χ2v) is 10.9. The highest BCUT2D eigenvalue weighted by Crippen LogP contribution is 2.49. The van der Waals surface area contributed by atoms with E-state index in [-0.39, 0.29) is 35.2 Å². The van der Waals surface area contributed by atoms with Crippen molar-refractivity contribution in [1.82, 2.24) is 24.4 Å². The van der Waals surface area contributed by atoms with Gasteiger partial charge in [0.1, 0.15) is 23.8 Å². The molecular weight excluding hydrogens is 547 g/mol. The summed E-state index contributed by atoms with van der Waals surface area (Å²) in [5, 5.41) is 0.812. The zero-order valence-corrected chi connectivity index (χ0v) is 23.7. The molecule has 2 aromatic carbocycles. The number of piperazine rings is 1. The van der Waals surface area contributed by atoms with E-state index in [9.17, 15) is 9.59 Å². The van der Waals surface area contributed by atoms with Crippen molar-refractivity contribution >= 4 is 34.2 Å². The van der Waals surface area contributed by atoms with Crippen LogP contribution in [0.1, 0.15) is 37.9 Å². The van der Waals surface area contributed by atoms with Gasteiger partial charge in [-0.3, -0.25) is 9.78 Å². The molecule has 4 aromatic rings. The second-order valence-electron chi connectivity index (χ2n) is 10.5. The number of ether oxygens (including phenoxy) is 1. The number of carbonyl (C=O) groups is 1. The zero-order chi connectivity index (χ0) is 29.0. The summed E-state index contributed by atoms with van der Waals surface area (Å²) < 4.78 is 23.0. The molecule has 0 bridgehead atoms. The van der Waals surface area contributed by atoms with E-state index in [4.69, 9.17) is 16.3 Å². The number of aromatic nitrogens is 4. The molecule has 0 aliphatic carbocycles. The molecule has 9 nitrogen and oxygen atoms in total. The normalized spacial score (nSPS) is 16.4. The van der Waals surface area contributed by atoms with Crippen LogP contribution in [-0.4, -0.2) is 56.0 Å². The van der Waals surface area contributed by atoms with Crippen LogP contribution in [0.4, 0.5) is 10.2 Å². The van der Waals surface area contributed by atoms with Gasteiger partial charge in [-0.2, -0.15) is 4.98 Å². The minimum atomic E-state index is -0.584. The average Bonchev–Trinajstić information content (AvgIpc) is 2.96. The molecule has 1 saturated heterocycles. The molecule has 0 unspecified atom stereocenters. The van der Waals surface area contributed by atoms with Gasteiger partial charge in [0.15, 0.2) is 11.6 Å². The summed E-state index contributed by atoms with van der Waals surface area (Å²) in [5.74, 6) is 0.355. The number of hydrogen-bond acceptors (Lipinski definition) is 7. The predicted octanol–water partition coefficient (Wildman–Crippen LogP) is 4.87. The Bertz CT molecular complexity index is 1790. The van der Waals surface area contributed by atoms with Crippen LogP contribution in [-0.2, 0) is 11.4 Å². The largest absolute Gasteiger partial charge is 0.486 e. The third kappa shape index (κ3) is 4.33. The number of amides is 1. The van der Waals surface area contributed by atoms with Gasteiger partial charge in [0, 0.05) is 60.1 Å². The van der Waals surface area contributed by atoms with Gasteiger partial charge in [0.05, 0.1) is 10.7 Å². The summed E-state index contributed by atoms with van der Waals surface area (Å²) in [4.78, 5) is 43.6. The fraction of sp³-hybridized carbons (Fsp3) is 0.300. The van der Waals surface area contributed by atoms with Gasteiger partial charge in [-0.25, -0.2) is 18.7 Å². The maximum atomic E-state index is 15.3. The monoisotopic (exact) mass is 574 g/mol. The average molecular weight is 575 g/mol. The molecule has 11 heteroatoms. The van der Waals surface area contributed by atoms with E-state index in [0.29, 0.717) is 64.6 Å². The van der Waals surface area contributed by atoms with Gasteiger partial charge in [-0.05, 0) is 31.1 Å². The molecule has 0 N–H and O–H groups in total. The summed E-state index contributed by atoms with van der Waals surface area (Å²) in [6, 6.07) is 6.33. The first kappa shape index (κ1) is 26.9. The number of carbonyl (C=O) groups excluding carboxylic acids is 1. The van der Waals surface area contributed by atoms with E-state index >= 15 is 4.39 Å². The molecule has 2 aliphatic rings. The van der Waals surface area contributed by atoms with Gasteiger partial charge >= 0.3 is 5.69 Å². The number of hydrogen-bond donors (Lipinski definition) is 0. The second kappa shape index (κ2) is 10.3. The predicted molar refractivity (Wildman–Crippen MR) is 155 cm³/mol. The van der Waals surface area contributed by atoms with Crippen molar-refractivity contribution in [2.24, 2.45) is 0 Å². The molecule has 210 valence electrons. The molecule has 41 heavy (non-hydrogen) atoms. The van der Waals surface area contributed by atoms with Crippen LogP contribution in [0.2, 0.25) is 5.02 Å². The van der Waals surface area contributed by atoms with Crippen LogP contribution < -0.4 is 15.3 Å². The summed E-state index contributed by atoms with van der Waals surface area (Å²) in [5.41, 5.74) is 1.76. The lowest BCUT2D eigenvalue weighted by Gasteiger charge is -2.40. The molecule has 2 aliphatic heterocycles. The first-order valence-corrected chi connectivity index (χ1v) is 13.8. The Morgan fingerprint density at radius 2 is 1.98 bits per heavy atom. The molecular formula is C30H28ClFN6O3. The van der Waals surface area contributed by atoms with Crippen molar-refractivity contribution in [3.8, 4) is 22.7 Å². The van der Waals surface area contributed by atoms with Crippen LogP contribution in [0.15, 0.2) is 54.1 Å². The number of rotatable bonds is 4. The Hall–Kier alpha value is -4.31. The molecule has 0 saturated carbocycles. The Morgan fingerprint density at radius 3 is 2.71 bits per heavy atom. The van der Waals surface area contributed by atoms with E-state index in [1.54, 1.807) is 29.3 Å². The van der Waals surface area contributed by atoms with Crippen LogP contribution in [0.25, 0.3) is 27.8 Å². The minimum Gasteiger partial charge on any atom is -0.486 e. The molecule has 1 amide bonds. The first-order chi connectivity index (χ1) is 19.7. The fourth-order valence-corrected chi connectivity index (χ4v) is 6.03. The van der Waals surface area contributed by atoms with E-state index < -0.39 is 11.5 Å². The lowest BCUT2D eigenvalue weighted by atomic mass is 9.94. The standard InChI is InChI=1S/C30H28ClFN6O3/c1-5-22(39)36-11-12-37(17(4)14-36)28-19-13-20(31)24-23-18(7-6-8-21(23)32)15-41-27(24)26(19)38(30(40)35-28)29-25(16(2)3)33-9-10-34-29/h5-10,13,16-17H,1,11-12,14-15H2,2-4H3/t17-/m0/s1. The Kier molecular flexibility index (Phi) is 6.73. The van der Waals surface area contributed by atoms with Crippen molar-refractivity contribution < 1.29 is 13.9 Å². The summed E-state index contributed by atoms with van der Waals surface area (Å²) in [7, 11) is 0. The van der Waals surface area contributed by atoms with Crippen molar-refractivity contribution in [1.29, 1.82) is 0 Å². The minimum absolute atomic E-state index is 0.0574. The third-order valence-electron chi connectivity index (χ3n) is 7.64. The van der Waals surface area contributed by atoms with Crippen molar-refractivity contribution in [3.63, 3.8) is 0 Å². The van der Waals surface area contributed by atoms with Crippen LogP contribution in [0.3, 0.4) is 0 Å². The van der Waals surface area contributed by atoms with Gasteiger partial charge in [-0.15, -0.1) is 0 Å². The van der Waals surface area contributed by atoms with E-state index in [1.165, 1.54) is 22.9 Å². The van der Waals surface area contributed by atoms with E-state index in [2.05, 4.69) is 21.5 Å². The maximum Gasteiger partial charge on any atom is 0.356 e. The summed E-state index contributed by atoms with van der Waals surface area (Å²) in [6.45, 7) is 10.9. The topological polar surface area (TPSA) is 93.5 Å². The highest BCUT2D eigenvalue weighted by Gasteiger charge is 2.33. The zero-order valence-electron chi connectivity index (χ0n) is 22.9. The van der Waals surface area contributed by atoms with Crippen molar-refractivity contribution in [2.45, 2.75) is 39.3 Å². The fourth-order valence-electron chi connectivity index (χ4n) is 5.74. The molecule has 1 fully saturated rings. The van der Waals surface area contributed by atoms with E-state index in [1.807, 2.05) is 25.7 Å². The molecule has 6 rings (SSSR count). The van der Waals surface area contributed by atoms with Crippen LogP contribution >= 0.6 is 11.6 Å². The summed E-state index contributed by atoms with van der Waals surface area (Å²) in [6.07, 6.45) is 4.39. The van der Waals surface area contributed by atoms with Crippen LogP contribution in [0.5, 0.6) is 5.75 Å². The van der Waals surface area contributed by atoms with E-state index in [0.717, 1.165) is 0 Å². The molecule has 2 aromatic heterocycles. The van der Waals surface area contributed by atoms with Gasteiger partial charge in [0.25, 0.3) is 0 Å². The number of nitrogens with zero attached hydrogens (tertiary/aromatic N) is 6. The quantitative estimate of drug-likeness (QED) is 0.321. The third-order valence-corrected chi connectivity index (χ3v) is 7.94. The molecule has 0 spiro atoms. The smallest absolute Gasteiger partial charge is 0.356 e. The molecule has 1 atom stereocenters. The Morgan fingerprint density at radius 1 is 1.20 bits per heavy atom. The number of anilines is 1. The van der Waals surface area contributed by atoms with Gasteiger partial charge < -0.3 is 14.5 Å². The number of halogens is 2. The lowest BCUT2D eigenvalue weighted by molar-refractivity contribution is -0.126. The Labute approximate surface area is 240 Å². The number of fused-ring (bicyclic) bond motifs is 5. The molecule has 4 heterocycles. The van der Waals surface area contributed by atoms with Gasteiger partial charge in [-0.1, -0.05) is 44.2 Å². The Balaban J connectivity index is 1.68. The lowest BCUT2D eigenvalue weighted by Crippen LogP contribution is -2.54. The first-order valence-electron chi connectivity index (χ1n) is 13.4. The van der Waals surface area contributed by atoms with Crippen LogP contribution in [0, 0.1) is 5.82 Å². The molecule has 0 radical (unpaired) electrons. The maximum absolute atomic E-state index is 15.3. The SMILES string of the molecule is C=CC(=O)N1CCN(c2nc(=O)n(-c3nccnc3C(C)C)c3c4c(c(Cl)cc23)-c2c(F)cccc2CO4)[C@@H](C)C1. The highest BCUT2D eigenvalue weighted by atomic mass is 35.5. The summed E-state index contributed by atoms with van der Waals surface area (Å²) >= 11 is 6.90.